The number of nitrogens with one attached hydrogen (secondary N) is 2. The molecular weight excluding hydrogens is 264 g/mol. The van der Waals surface area contributed by atoms with E-state index in [0.29, 0.717) is 0 Å². The maximum atomic E-state index is 11.9. The van der Waals surface area contributed by atoms with Crippen LogP contribution in [0, 0.1) is 13.8 Å². The monoisotopic (exact) mass is 284 g/mol. The van der Waals surface area contributed by atoms with Gasteiger partial charge in [-0.2, -0.15) is 0 Å². The second-order valence-electron chi connectivity index (χ2n) is 5.01. The van der Waals surface area contributed by atoms with Gasteiger partial charge in [0.05, 0.1) is 6.10 Å². The lowest BCUT2D eigenvalue weighted by atomic mass is 10.1. The van der Waals surface area contributed by atoms with Crippen molar-refractivity contribution in [1.29, 1.82) is 0 Å². The van der Waals surface area contributed by atoms with Crippen molar-refractivity contribution >= 4 is 11.7 Å². The van der Waals surface area contributed by atoms with Crippen molar-refractivity contribution in [2.24, 2.45) is 0 Å². The van der Waals surface area contributed by atoms with Gasteiger partial charge < -0.3 is 15.7 Å². The Labute approximate surface area is 124 Å². The highest BCUT2D eigenvalue weighted by molar-refractivity contribution is 5.90. The SMILES string of the molecule is Cc1cccc(NC(=O)NC[C@H](O)c2ccccc2)c1C. The van der Waals surface area contributed by atoms with E-state index in [1.807, 2.05) is 62.4 Å². The van der Waals surface area contributed by atoms with Crippen LogP contribution in [0.5, 0.6) is 0 Å². The zero-order valence-electron chi connectivity index (χ0n) is 12.3. The van der Waals surface area contributed by atoms with Gasteiger partial charge in [-0.05, 0) is 36.6 Å². The Morgan fingerprint density at radius 3 is 2.52 bits per heavy atom. The average Bonchev–Trinajstić information content (AvgIpc) is 2.50. The molecule has 2 aromatic carbocycles. The van der Waals surface area contributed by atoms with Crippen LogP contribution in [-0.2, 0) is 0 Å². The van der Waals surface area contributed by atoms with Crippen molar-refractivity contribution in [1.82, 2.24) is 5.32 Å². The van der Waals surface area contributed by atoms with Crippen LogP contribution in [0.3, 0.4) is 0 Å². The van der Waals surface area contributed by atoms with Crippen molar-refractivity contribution in [2.45, 2.75) is 20.0 Å². The zero-order valence-corrected chi connectivity index (χ0v) is 12.3. The molecule has 4 nitrogen and oxygen atoms in total. The van der Waals surface area contributed by atoms with E-state index < -0.39 is 6.10 Å². The molecule has 0 unspecified atom stereocenters. The number of carbonyl (C=O) groups is 1. The quantitative estimate of drug-likeness (QED) is 0.807. The van der Waals surface area contributed by atoms with E-state index in [9.17, 15) is 9.90 Å². The van der Waals surface area contributed by atoms with Crippen LogP contribution in [0.2, 0.25) is 0 Å². The molecule has 110 valence electrons. The van der Waals surface area contributed by atoms with Crippen molar-refractivity contribution in [2.75, 3.05) is 11.9 Å². The molecule has 0 fully saturated rings. The third-order valence-electron chi connectivity index (χ3n) is 3.49. The van der Waals surface area contributed by atoms with E-state index >= 15 is 0 Å². The highest BCUT2D eigenvalue weighted by Gasteiger charge is 2.10. The number of aryl methyl sites for hydroxylation is 1. The Balaban J connectivity index is 1.89. The van der Waals surface area contributed by atoms with Crippen molar-refractivity contribution in [3.05, 3.63) is 65.2 Å². The second kappa shape index (κ2) is 6.90. The van der Waals surface area contributed by atoms with E-state index in [2.05, 4.69) is 10.6 Å². The number of urea groups is 1. The van der Waals surface area contributed by atoms with Gasteiger partial charge >= 0.3 is 6.03 Å². The first-order valence-corrected chi connectivity index (χ1v) is 6.92. The van der Waals surface area contributed by atoms with Crippen LogP contribution in [-0.4, -0.2) is 17.7 Å². The van der Waals surface area contributed by atoms with Crippen LogP contribution in [0.15, 0.2) is 48.5 Å². The van der Waals surface area contributed by atoms with Gasteiger partial charge in [0.25, 0.3) is 0 Å². The largest absolute Gasteiger partial charge is 0.387 e. The smallest absolute Gasteiger partial charge is 0.319 e. The molecule has 0 radical (unpaired) electrons. The highest BCUT2D eigenvalue weighted by Crippen LogP contribution is 2.17. The fraction of sp³-hybridized carbons (Fsp3) is 0.235. The number of anilines is 1. The van der Waals surface area contributed by atoms with Gasteiger partial charge in [0.1, 0.15) is 0 Å². The predicted molar refractivity (Wildman–Crippen MR) is 84.3 cm³/mol. The van der Waals surface area contributed by atoms with Crippen LogP contribution in [0.25, 0.3) is 0 Å². The molecule has 2 amide bonds. The molecule has 3 N–H and O–H groups in total. The van der Waals surface area contributed by atoms with Gasteiger partial charge in [-0.15, -0.1) is 0 Å². The zero-order chi connectivity index (χ0) is 15.2. The summed E-state index contributed by atoms with van der Waals surface area (Å²) in [6.45, 7) is 4.13. The van der Waals surface area contributed by atoms with Gasteiger partial charge in [-0.3, -0.25) is 0 Å². The van der Waals surface area contributed by atoms with Gasteiger partial charge in [0.15, 0.2) is 0 Å². The summed E-state index contributed by atoms with van der Waals surface area (Å²) in [6, 6.07) is 14.7. The molecule has 0 aliphatic heterocycles. The van der Waals surface area contributed by atoms with Gasteiger partial charge in [-0.25, -0.2) is 4.79 Å². The number of rotatable bonds is 4. The van der Waals surface area contributed by atoms with E-state index in [0.717, 1.165) is 22.4 Å². The molecule has 0 aliphatic carbocycles. The molecule has 0 bridgehead atoms. The fourth-order valence-corrected chi connectivity index (χ4v) is 2.04. The molecule has 1 atom stereocenters. The van der Waals surface area contributed by atoms with Crippen LogP contribution in [0.4, 0.5) is 10.5 Å². The maximum absolute atomic E-state index is 11.9. The minimum absolute atomic E-state index is 0.167. The molecule has 0 spiro atoms. The van der Waals surface area contributed by atoms with Crippen LogP contribution >= 0.6 is 0 Å². The van der Waals surface area contributed by atoms with E-state index in [1.54, 1.807) is 0 Å². The first-order chi connectivity index (χ1) is 10.1. The molecule has 0 saturated heterocycles. The molecule has 2 aromatic rings. The standard InChI is InChI=1S/C17H20N2O2/c1-12-7-6-10-15(13(12)2)19-17(21)18-11-16(20)14-8-4-3-5-9-14/h3-10,16,20H,11H2,1-2H3,(H2,18,19,21)/t16-/m0/s1. The highest BCUT2D eigenvalue weighted by atomic mass is 16.3. The molecule has 4 heteroatoms. The number of carbonyl (C=O) groups excluding carboxylic acids is 1. The van der Waals surface area contributed by atoms with E-state index in [-0.39, 0.29) is 12.6 Å². The van der Waals surface area contributed by atoms with Crippen LogP contribution < -0.4 is 10.6 Å². The molecule has 0 aromatic heterocycles. The number of benzene rings is 2. The summed E-state index contributed by atoms with van der Waals surface area (Å²) in [5.41, 5.74) is 3.72. The number of hydrogen-bond donors (Lipinski definition) is 3. The number of aliphatic hydroxyl groups is 1. The van der Waals surface area contributed by atoms with Gasteiger partial charge in [0, 0.05) is 12.2 Å². The van der Waals surface area contributed by atoms with Crippen molar-refractivity contribution in [3.8, 4) is 0 Å². The molecule has 21 heavy (non-hydrogen) atoms. The summed E-state index contributed by atoms with van der Waals surface area (Å²) < 4.78 is 0. The Hall–Kier alpha value is -2.33. The van der Waals surface area contributed by atoms with Gasteiger partial charge in [0.2, 0.25) is 0 Å². The maximum Gasteiger partial charge on any atom is 0.319 e. The first kappa shape index (κ1) is 15.1. The average molecular weight is 284 g/mol. The number of amides is 2. The molecular formula is C17H20N2O2. The lowest BCUT2D eigenvalue weighted by molar-refractivity contribution is 0.175. The second-order valence-corrected chi connectivity index (χ2v) is 5.01. The third kappa shape index (κ3) is 4.07. The Kier molecular flexibility index (Phi) is 4.95. The van der Waals surface area contributed by atoms with Crippen LogP contribution in [0.1, 0.15) is 22.8 Å². The molecule has 0 aliphatic rings. The minimum atomic E-state index is -0.712. The summed E-state index contributed by atoms with van der Waals surface area (Å²) >= 11 is 0. The molecule has 0 heterocycles. The van der Waals surface area contributed by atoms with E-state index in [4.69, 9.17) is 0 Å². The van der Waals surface area contributed by atoms with Gasteiger partial charge in [-0.1, -0.05) is 42.5 Å². The summed E-state index contributed by atoms with van der Waals surface area (Å²) in [4.78, 5) is 11.9. The van der Waals surface area contributed by atoms with E-state index in [1.165, 1.54) is 0 Å². The fourth-order valence-electron chi connectivity index (χ4n) is 2.04. The lowest BCUT2D eigenvalue weighted by Crippen LogP contribution is -2.32. The minimum Gasteiger partial charge on any atom is -0.387 e. The normalized spacial score (nSPS) is 11.8. The number of hydrogen-bond acceptors (Lipinski definition) is 2. The lowest BCUT2D eigenvalue weighted by Gasteiger charge is -2.14. The predicted octanol–water partition coefficient (Wildman–Crippen LogP) is 3.16. The Morgan fingerprint density at radius 1 is 1.10 bits per heavy atom. The molecule has 2 rings (SSSR count). The third-order valence-corrected chi connectivity index (χ3v) is 3.49. The molecule has 0 saturated carbocycles. The summed E-state index contributed by atoms with van der Waals surface area (Å²) in [6.07, 6.45) is -0.712. The topological polar surface area (TPSA) is 61.4 Å². The Morgan fingerprint density at radius 2 is 1.81 bits per heavy atom. The Bertz CT molecular complexity index is 611. The summed E-state index contributed by atoms with van der Waals surface area (Å²) in [5.74, 6) is 0. The van der Waals surface area contributed by atoms with Crippen molar-refractivity contribution in [3.63, 3.8) is 0 Å². The summed E-state index contributed by atoms with van der Waals surface area (Å²) in [5, 5.41) is 15.5. The summed E-state index contributed by atoms with van der Waals surface area (Å²) in [7, 11) is 0. The number of aliphatic hydroxyl groups excluding tert-OH is 1. The van der Waals surface area contributed by atoms with Crippen molar-refractivity contribution < 1.29 is 9.90 Å². The first-order valence-electron chi connectivity index (χ1n) is 6.92.